The molecule has 0 unspecified atom stereocenters. The van der Waals surface area contributed by atoms with Crippen LogP contribution < -0.4 is 5.32 Å². The number of nitrogens with zero attached hydrogens (tertiary/aromatic N) is 4. The Balaban J connectivity index is 1.28. The number of aromatic nitrogens is 3. The third-order valence-electron chi connectivity index (χ3n) is 6.83. The van der Waals surface area contributed by atoms with Gasteiger partial charge < -0.3 is 5.32 Å². The van der Waals surface area contributed by atoms with E-state index in [9.17, 15) is 14.4 Å². The fourth-order valence-corrected chi connectivity index (χ4v) is 5.02. The quantitative estimate of drug-likeness (QED) is 0.421. The van der Waals surface area contributed by atoms with Gasteiger partial charge in [0.1, 0.15) is 18.2 Å². The van der Waals surface area contributed by atoms with Crippen LogP contribution in [0.4, 0.5) is 0 Å². The monoisotopic (exact) mass is 471 g/mol. The molecule has 3 atom stereocenters. The molecule has 0 radical (unpaired) electrons. The molecule has 5 rings (SSSR count). The fraction of sp³-hybridized carbons (Fsp3) is 0.370. The fourth-order valence-electron chi connectivity index (χ4n) is 5.02. The first kappa shape index (κ1) is 23.0. The molecule has 1 fully saturated rings. The molecule has 3 heterocycles. The summed E-state index contributed by atoms with van der Waals surface area (Å²) in [5.74, 6) is -0.546. The SMILES string of the molecule is CC(C)C[C@H](C(=O)NCc1ccc(-n2cnc3ccccc32)nc1)N1C(=O)[C@@H]2CC=CC[C@H]2C1=O. The van der Waals surface area contributed by atoms with Gasteiger partial charge in [-0.1, -0.05) is 44.2 Å². The molecule has 1 saturated heterocycles. The summed E-state index contributed by atoms with van der Waals surface area (Å²) in [6, 6.07) is 10.8. The van der Waals surface area contributed by atoms with Gasteiger partial charge in [0.15, 0.2) is 0 Å². The Labute approximate surface area is 204 Å². The lowest BCUT2D eigenvalue weighted by Gasteiger charge is -2.27. The van der Waals surface area contributed by atoms with Crippen LogP contribution >= 0.6 is 0 Å². The average molecular weight is 472 g/mol. The van der Waals surface area contributed by atoms with Crippen LogP contribution in [0.25, 0.3) is 16.9 Å². The van der Waals surface area contributed by atoms with Gasteiger partial charge in [-0.25, -0.2) is 9.97 Å². The number of amides is 3. The Morgan fingerprint density at radius 2 is 1.74 bits per heavy atom. The number of carbonyl (C=O) groups is 3. The number of carbonyl (C=O) groups excluding carboxylic acids is 3. The predicted octanol–water partition coefficient (Wildman–Crippen LogP) is 3.40. The van der Waals surface area contributed by atoms with E-state index in [0.717, 1.165) is 22.4 Å². The molecule has 1 aliphatic carbocycles. The number of fused-ring (bicyclic) bond motifs is 2. The molecule has 2 aromatic heterocycles. The highest BCUT2D eigenvalue weighted by atomic mass is 16.2. The molecule has 180 valence electrons. The van der Waals surface area contributed by atoms with Gasteiger partial charge in [0.25, 0.3) is 0 Å². The largest absolute Gasteiger partial charge is 0.350 e. The molecule has 8 nitrogen and oxygen atoms in total. The van der Waals surface area contributed by atoms with Crippen LogP contribution in [-0.2, 0) is 20.9 Å². The third-order valence-corrected chi connectivity index (χ3v) is 6.83. The van der Waals surface area contributed by atoms with Crippen LogP contribution in [0.1, 0.15) is 38.7 Å². The van der Waals surface area contributed by atoms with E-state index in [4.69, 9.17) is 0 Å². The first-order chi connectivity index (χ1) is 16.9. The molecule has 1 N–H and O–H groups in total. The summed E-state index contributed by atoms with van der Waals surface area (Å²) in [7, 11) is 0. The maximum Gasteiger partial charge on any atom is 0.243 e. The van der Waals surface area contributed by atoms with Crippen molar-refractivity contribution in [3.05, 3.63) is 66.6 Å². The van der Waals surface area contributed by atoms with Gasteiger partial charge in [0.2, 0.25) is 17.7 Å². The summed E-state index contributed by atoms with van der Waals surface area (Å²) in [5.41, 5.74) is 2.68. The second-order valence-electron chi connectivity index (χ2n) is 9.69. The molecule has 1 aliphatic heterocycles. The van der Waals surface area contributed by atoms with Crippen molar-refractivity contribution in [3.63, 3.8) is 0 Å². The Morgan fingerprint density at radius 3 is 2.40 bits per heavy atom. The maximum absolute atomic E-state index is 13.2. The van der Waals surface area contributed by atoms with Crippen molar-refractivity contribution < 1.29 is 14.4 Å². The van der Waals surface area contributed by atoms with Gasteiger partial charge in [0.05, 0.1) is 22.9 Å². The molecule has 35 heavy (non-hydrogen) atoms. The second kappa shape index (κ2) is 9.44. The lowest BCUT2D eigenvalue weighted by Crippen LogP contribution is -2.50. The highest BCUT2D eigenvalue weighted by Crippen LogP contribution is 2.37. The summed E-state index contributed by atoms with van der Waals surface area (Å²) in [4.78, 5) is 49.5. The summed E-state index contributed by atoms with van der Waals surface area (Å²) >= 11 is 0. The van der Waals surface area contributed by atoms with Crippen LogP contribution in [0.3, 0.4) is 0 Å². The average Bonchev–Trinajstić information content (AvgIpc) is 3.41. The number of benzene rings is 1. The summed E-state index contributed by atoms with van der Waals surface area (Å²) < 4.78 is 1.91. The van der Waals surface area contributed by atoms with Gasteiger partial charge >= 0.3 is 0 Å². The zero-order valence-electron chi connectivity index (χ0n) is 19.9. The highest BCUT2D eigenvalue weighted by molar-refractivity contribution is 6.08. The molecule has 0 spiro atoms. The number of hydrogen-bond acceptors (Lipinski definition) is 5. The van der Waals surface area contributed by atoms with Crippen LogP contribution in [0, 0.1) is 17.8 Å². The Bertz CT molecular complexity index is 1270. The first-order valence-corrected chi connectivity index (χ1v) is 12.1. The zero-order valence-corrected chi connectivity index (χ0v) is 19.9. The lowest BCUT2D eigenvalue weighted by atomic mass is 9.85. The van der Waals surface area contributed by atoms with Crippen molar-refractivity contribution in [1.82, 2.24) is 24.8 Å². The van der Waals surface area contributed by atoms with E-state index < -0.39 is 6.04 Å². The van der Waals surface area contributed by atoms with E-state index in [1.807, 2.05) is 67.0 Å². The number of imidazole rings is 1. The lowest BCUT2D eigenvalue weighted by molar-refractivity contribution is -0.148. The molecule has 2 aliphatic rings. The Morgan fingerprint density at radius 1 is 1.03 bits per heavy atom. The number of likely N-dealkylation sites (tertiary alicyclic amines) is 1. The van der Waals surface area contributed by atoms with Crippen LogP contribution in [0.15, 0.2) is 61.1 Å². The van der Waals surface area contributed by atoms with Gasteiger partial charge in [-0.15, -0.1) is 0 Å². The van der Waals surface area contributed by atoms with E-state index in [2.05, 4.69) is 15.3 Å². The summed E-state index contributed by atoms with van der Waals surface area (Å²) in [5, 5.41) is 2.93. The van der Waals surface area contributed by atoms with Crippen molar-refractivity contribution in [3.8, 4) is 5.82 Å². The van der Waals surface area contributed by atoms with E-state index in [1.54, 1.807) is 12.5 Å². The van der Waals surface area contributed by atoms with E-state index in [1.165, 1.54) is 4.90 Å². The molecule has 0 bridgehead atoms. The van der Waals surface area contributed by atoms with Gasteiger partial charge in [-0.2, -0.15) is 0 Å². The Hall–Kier alpha value is -3.81. The van der Waals surface area contributed by atoms with Gasteiger partial charge in [0, 0.05) is 12.7 Å². The number of hydrogen-bond donors (Lipinski definition) is 1. The first-order valence-electron chi connectivity index (χ1n) is 12.1. The molecule has 3 amide bonds. The third kappa shape index (κ3) is 4.36. The van der Waals surface area contributed by atoms with Gasteiger partial charge in [-0.3, -0.25) is 23.9 Å². The number of para-hydroxylation sites is 2. The number of rotatable bonds is 7. The van der Waals surface area contributed by atoms with Crippen molar-refractivity contribution in [2.75, 3.05) is 0 Å². The zero-order chi connectivity index (χ0) is 24.5. The molecule has 3 aromatic rings. The number of nitrogens with one attached hydrogen (secondary N) is 1. The van der Waals surface area contributed by atoms with Crippen LogP contribution in [0.5, 0.6) is 0 Å². The van der Waals surface area contributed by atoms with E-state index in [0.29, 0.717) is 19.3 Å². The van der Waals surface area contributed by atoms with Crippen molar-refractivity contribution >= 4 is 28.8 Å². The van der Waals surface area contributed by atoms with Crippen molar-refractivity contribution in [2.45, 2.75) is 45.7 Å². The van der Waals surface area contributed by atoms with Crippen molar-refractivity contribution in [1.29, 1.82) is 0 Å². The maximum atomic E-state index is 13.2. The van der Waals surface area contributed by atoms with Gasteiger partial charge in [-0.05, 0) is 48.9 Å². The number of allylic oxidation sites excluding steroid dienone is 2. The summed E-state index contributed by atoms with van der Waals surface area (Å²) in [6.45, 7) is 4.24. The second-order valence-corrected chi connectivity index (χ2v) is 9.69. The minimum Gasteiger partial charge on any atom is -0.350 e. The summed E-state index contributed by atoms with van der Waals surface area (Å²) in [6.07, 6.45) is 8.92. The molecular weight excluding hydrogens is 442 g/mol. The highest BCUT2D eigenvalue weighted by Gasteiger charge is 2.51. The smallest absolute Gasteiger partial charge is 0.243 e. The predicted molar refractivity (Wildman–Crippen MR) is 131 cm³/mol. The number of pyridine rings is 1. The van der Waals surface area contributed by atoms with Crippen LogP contribution in [0.2, 0.25) is 0 Å². The molecule has 8 heteroatoms. The molecule has 1 aromatic carbocycles. The van der Waals surface area contributed by atoms with Crippen LogP contribution in [-0.4, -0.2) is 43.2 Å². The minimum atomic E-state index is -0.801. The number of imide groups is 1. The molecular formula is C27H29N5O3. The van der Waals surface area contributed by atoms with E-state index in [-0.39, 0.29) is 42.0 Å². The van der Waals surface area contributed by atoms with Crippen molar-refractivity contribution in [2.24, 2.45) is 17.8 Å². The standard InChI is InChI=1S/C27H29N5O3/c1-17(2)13-23(32-26(34)19-7-3-4-8-20(19)27(32)35)25(33)29-15-18-11-12-24(28-14-18)31-16-30-21-9-5-6-10-22(21)31/h3-6,9-12,14,16-17,19-20,23H,7-8,13,15H2,1-2H3,(H,29,33)/t19-,20-,23-/m1/s1. The minimum absolute atomic E-state index is 0.151. The molecule has 0 saturated carbocycles. The normalized spacial score (nSPS) is 20.5. The topological polar surface area (TPSA) is 97.2 Å². The van der Waals surface area contributed by atoms with E-state index >= 15 is 0 Å². The Kier molecular flexibility index (Phi) is 6.19.